The average Bonchev–Trinajstić information content (AvgIpc) is 2.96. The van der Waals surface area contributed by atoms with Gasteiger partial charge in [0.15, 0.2) is 6.54 Å². The molecule has 2 aliphatic heterocycles. The molecule has 0 aromatic heterocycles. The second kappa shape index (κ2) is 7.99. The fraction of sp³-hybridized carbons (Fsp3) is 0.500. The smallest absolute Gasteiger partial charge is 0.324 e. The number of hydrogen-bond acceptors (Lipinski definition) is 3. The second-order valence-electron chi connectivity index (χ2n) is 8.60. The second-order valence-corrected chi connectivity index (χ2v) is 8.60. The van der Waals surface area contributed by atoms with E-state index in [0.717, 1.165) is 42.3 Å². The first-order chi connectivity index (χ1) is 14.0. The number of benzene rings is 1. The van der Waals surface area contributed by atoms with Crippen molar-refractivity contribution < 1.29 is 19.3 Å². The lowest BCUT2D eigenvalue weighted by Crippen LogP contribution is -3.13. The molecule has 2 fully saturated rings. The molecule has 1 unspecified atom stereocenters. The number of imide groups is 1. The van der Waals surface area contributed by atoms with Crippen LogP contribution in [0.15, 0.2) is 36.4 Å². The number of urea groups is 1. The molecule has 7 heteroatoms. The Labute approximate surface area is 171 Å². The van der Waals surface area contributed by atoms with Gasteiger partial charge in [0.05, 0.1) is 13.1 Å². The van der Waals surface area contributed by atoms with E-state index in [1.54, 1.807) is 0 Å². The number of hydrazine groups is 1. The summed E-state index contributed by atoms with van der Waals surface area (Å²) in [5, 5.41) is 3.72. The van der Waals surface area contributed by atoms with Crippen LogP contribution < -0.4 is 15.6 Å². The van der Waals surface area contributed by atoms with E-state index in [2.05, 4.69) is 35.9 Å². The van der Waals surface area contributed by atoms with Crippen LogP contribution >= 0.6 is 0 Å². The van der Waals surface area contributed by atoms with Gasteiger partial charge in [-0.1, -0.05) is 37.3 Å². The SMILES string of the molecule is CC1CCC2(CC1)NC(=O)N(NC(=O)C[NH+]1CC=C(c3ccccc3)CC1)C2=O. The molecule has 0 radical (unpaired) electrons. The molecule has 1 saturated carbocycles. The van der Waals surface area contributed by atoms with Crippen LogP contribution in [0.2, 0.25) is 0 Å². The molecule has 3 N–H and O–H groups in total. The van der Waals surface area contributed by atoms with E-state index in [-0.39, 0.29) is 18.4 Å². The molecule has 1 aliphatic carbocycles. The Bertz CT molecular complexity index is 828. The fourth-order valence-electron chi connectivity index (χ4n) is 4.57. The van der Waals surface area contributed by atoms with Gasteiger partial charge in [-0.15, -0.1) is 0 Å². The van der Waals surface area contributed by atoms with Crippen molar-refractivity contribution in [3.8, 4) is 0 Å². The molecule has 1 aromatic rings. The van der Waals surface area contributed by atoms with E-state index in [4.69, 9.17) is 0 Å². The van der Waals surface area contributed by atoms with Crippen molar-refractivity contribution in [3.05, 3.63) is 42.0 Å². The maximum Gasteiger partial charge on any atom is 0.344 e. The molecule has 4 amide bonds. The van der Waals surface area contributed by atoms with Gasteiger partial charge < -0.3 is 10.2 Å². The summed E-state index contributed by atoms with van der Waals surface area (Å²) >= 11 is 0. The average molecular weight is 397 g/mol. The highest BCUT2D eigenvalue weighted by atomic mass is 16.2. The molecular formula is C22H29N4O3+. The Balaban J connectivity index is 1.32. The van der Waals surface area contributed by atoms with Crippen molar-refractivity contribution in [1.29, 1.82) is 0 Å². The lowest BCUT2D eigenvalue weighted by molar-refractivity contribution is -0.886. The molecule has 0 bridgehead atoms. The zero-order chi connectivity index (χ0) is 20.4. The van der Waals surface area contributed by atoms with Gasteiger partial charge in [-0.3, -0.25) is 15.0 Å². The number of hydrogen-bond donors (Lipinski definition) is 3. The standard InChI is InChI=1S/C22H28N4O3/c1-16-7-11-22(12-8-16)20(28)26(21(29)23-22)24-19(27)15-25-13-9-18(10-14-25)17-5-3-2-4-6-17/h2-6,9,16H,7-8,10-15H2,1H3,(H,23,29)(H,24,27)/p+1. The van der Waals surface area contributed by atoms with E-state index >= 15 is 0 Å². The summed E-state index contributed by atoms with van der Waals surface area (Å²) in [6, 6.07) is 9.74. The lowest BCUT2D eigenvalue weighted by Gasteiger charge is -2.33. The third-order valence-electron chi connectivity index (χ3n) is 6.47. The van der Waals surface area contributed by atoms with Crippen molar-refractivity contribution >= 4 is 23.4 Å². The first-order valence-electron chi connectivity index (χ1n) is 10.5. The maximum atomic E-state index is 12.8. The summed E-state index contributed by atoms with van der Waals surface area (Å²) in [6.07, 6.45) is 6.15. The van der Waals surface area contributed by atoms with E-state index in [1.807, 2.05) is 18.2 Å². The van der Waals surface area contributed by atoms with Crippen LogP contribution in [0.1, 0.15) is 44.6 Å². The number of nitrogens with zero attached hydrogens (tertiary/aromatic N) is 1. The molecule has 1 atom stereocenters. The van der Waals surface area contributed by atoms with Crippen LogP contribution in [0, 0.1) is 5.92 Å². The number of quaternary nitrogens is 1. The van der Waals surface area contributed by atoms with Crippen LogP contribution in [0.5, 0.6) is 0 Å². The number of rotatable bonds is 4. The monoisotopic (exact) mass is 397 g/mol. The lowest BCUT2D eigenvalue weighted by atomic mass is 9.77. The van der Waals surface area contributed by atoms with E-state index in [1.165, 1.54) is 11.1 Å². The highest BCUT2D eigenvalue weighted by Crippen LogP contribution is 2.35. The minimum atomic E-state index is -0.831. The molecule has 1 spiro atoms. The van der Waals surface area contributed by atoms with Crippen LogP contribution in [-0.4, -0.2) is 48.0 Å². The zero-order valence-corrected chi connectivity index (χ0v) is 16.9. The Morgan fingerprint density at radius 1 is 1.24 bits per heavy atom. The summed E-state index contributed by atoms with van der Waals surface area (Å²) in [6.45, 7) is 3.99. The van der Waals surface area contributed by atoms with Crippen molar-refractivity contribution in [3.63, 3.8) is 0 Å². The first-order valence-corrected chi connectivity index (χ1v) is 10.5. The van der Waals surface area contributed by atoms with Crippen LogP contribution in [-0.2, 0) is 9.59 Å². The van der Waals surface area contributed by atoms with Gasteiger partial charge in [0.1, 0.15) is 5.54 Å². The molecule has 3 aliphatic rings. The van der Waals surface area contributed by atoms with Crippen molar-refractivity contribution in [1.82, 2.24) is 15.8 Å². The molecular weight excluding hydrogens is 368 g/mol. The Hall–Kier alpha value is -2.67. The predicted molar refractivity (Wildman–Crippen MR) is 108 cm³/mol. The number of carbonyl (C=O) groups is 3. The van der Waals surface area contributed by atoms with Gasteiger partial charge in [-0.2, -0.15) is 5.01 Å². The van der Waals surface area contributed by atoms with Crippen molar-refractivity contribution in [2.75, 3.05) is 19.6 Å². The van der Waals surface area contributed by atoms with Gasteiger partial charge >= 0.3 is 6.03 Å². The summed E-state index contributed by atoms with van der Waals surface area (Å²) in [5.74, 6) is -0.0607. The van der Waals surface area contributed by atoms with E-state index < -0.39 is 11.6 Å². The first kappa shape index (κ1) is 19.6. The molecule has 1 saturated heterocycles. The van der Waals surface area contributed by atoms with Gasteiger partial charge in [-0.05, 0) is 48.8 Å². The predicted octanol–water partition coefficient (Wildman–Crippen LogP) is 0.891. The van der Waals surface area contributed by atoms with Crippen LogP contribution in [0.3, 0.4) is 0 Å². The third kappa shape index (κ3) is 4.05. The van der Waals surface area contributed by atoms with E-state index in [0.29, 0.717) is 18.8 Å². The van der Waals surface area contributed by atoms with Crippen molar-refractivity contribution in [2.45, 2.75) is 44.6 Å². The Morgan fingerprint density at radius 2 is 1.97 bits per heavy atom. The summed E-state index contributed by atoms with van der Waals surface area (Å²) in [5.41, 5.74) is 4.24. The minimum Gasteiger partial charge on any atom is -0.324 e. The fourth-order valence-corrected chi connectivity index (χ4v) is 4.57. The zero-order valence-electron chi connectivity index (χ0n) is 16.9. The topological polar surface area (TPSA) is 83.0 Å². The number of nitrogens with one attached hydrogen (secondary N) is 3. The van der Waals surface area contributed by atoms with Gasteiger partial charge in [0.2, 0.25) is 0 Å². The van der Waals surface area contributed by atoms with Crippen LogP contribution in [0.4, 0.5) is 4.79 Å². The summed E-state index contributed by atoms with van der Waals surface area (Å²) in [4.78, 5) is 38.8. The van der Waals surface area contributed by atoms with Gasteiger partial charge in [-0.25, -0.2) is 4.79 Å². The molecule has 4 rings (SSSR count). The minimum absolute atomic E-state index is 0.236. The molecule has 29 heavy (non-hydrogen) atoms. The normalized spacial score (nSPS) is 29.6. The highest BCUT2D eigenvalue weighted by molar-refractivity contribution is 6.08. The van der Waals surface area contributed by atoms with Crippen LogP contribution in [0.25, 0.3) is 5.57 Å². The molecule has 1 aromatic carbocycles. The van der Waals surface area contributed by atoms with Gasteiger partial charge in [0, 0.05) is 6.42 Å². The maximum absolute atomic E-state index is 12.8. The summed E-state index contributed by atoms with van der Waals surface area (Å²) in [7, 11) is 0. The number of carbonyl (C=O) groups excluding carboxylic acids is 3. The molecule has 2 heterocycles. The third-order valence-corrected chi connectivity index (χ3v) is 6.47. The Morgan fingerprint density at radius 3 is 2.62 bits per heavy atom. The van der Waals surface area contributed by atoms with Gasteiger partial charge in [0.25, 0.3) is 11.8 Å². The quantitative estimate of drug-likeness (QED) is 0.660. The molecule has 7 nitrogen and oxygen atoms in total. The van der Waals surface area contributed by atoms with Crippen molar-refractivity contribution in [2.24, 2.45) is 5.92 Å². The summed E-state index contributed by atoms with van der Waals surface area (Å²) < 4.78 is 0. The van der Waals surface area contributed by atoms with E-state index in [9.17, 15) is 14.4 Å². The number of amides is 4. The highest BCUT2D eigenvalue weighted by Gasteiger charge is 2.53. The molecule has 154 valence electrons. The Kier molecular flexibility index (Phi) is 5.41. The largest absolute Gasteiger partial charge is 0.344 e.